The molecule has 0 aliphatic rings. The predicted octanol–water partition coefficient (Wildman–Crippen LogP) is 3.67. The van der Waals surface area contributed by atoms with Crippen molar-refractivity contribution in [1.29, 1.82) is 0 Å². The second-order valence-electron chi connectivity index (χ2n) is 3.87. The maximum atomic E-state index is 11.8. The monoisotopic (exact) mass is 284 g/mol. The first-order valence-corrected chi connectivity index (χ1v) is 6.01. The molecule has 1 aromatic carbocycles. The van der Waals surface area contributed by atoms with Gasteiger partial charge < -0.3 is 9.52 Å². The molecule has 0 aliphatic heterocycles. The third-order valence-corrected chi connectivity index (χ3v) is 3.04. The van der Waals surface area contributed by atoms with Gasteiger partial charge in [-0.05, 0) is 30.7 Å². The Balaban J connectivity index is 2.65. The lowest BCUT2D eigenvalue weighted by molar-refractivity contribution is 0.472. The van der Waals surface area contributed by atoms with E-state index in [0.29, 0.717) is 17.6 Å². The second kappa shape index (κ2) is 5.04. The van der Waals surface area contributed by atoms with Crippen LogP contribution in [-0.4, -0.2) is 5.11 Å². The van der Waals surface area contributed by atoms with Crippen LogP contribution >= 0.6 is 23.2 Å². The normalized spacial score (nSPS) is 10.6. The molecule has 3 nitrogen and oxygen atoms in total. The summed E-state index contributed by atoms with van der Waals surface area (Å²) in [6, 6.07) is 4.67. The zero-order valence-electron chi connectivity index (χ0n) is 9.54. The van der Waals surface area contributed by atoms with E-state index >= 15 is 0 Å². The van der Waals surface area contributed by atoms with Crippen molar-refractivity contribution in [3.05, 3.63) is 50.3 Å². The van der Waals surface area contributed by atoms with Gasteiger partial charge in [-0.1, -0.05) is 23.2 Å². The summed E-state index contributed by atoms with van der Waals surface area (Å²) in [5.74, 6) is 0.0569. The molecule has 1 heterocycles. The Kier molecular flexibility index (Phi) is 3.64. The standard InChI is InChI=1S/C13H10Cl2O3/c1-7-9-3-2-8(16)6-11(9)18-13(17)10(7)4-5-12(14)15/h2-3,5-6,16H,4H2,1H3. The molecule has 2 aromatic rings. The Morgan fingerprint density at radius 1 is 1.44 bits per heavy atom. The molecule has 0 amide bonds. The summed E-state index contributed by atoms with van der Waals surface area (Å²) >= 11 is 11.1. The minimum absolute atomic E-state index is 0.0569. The number of benzene rings is 1. The Hall–Kier alpha value is -1.45. The number of halogens is 2. The average molecular weight is 285 g/mol. The van der Waals surface area contributed by atoms with Gasteiger partial charge in [0.25, 0.3) is 0 Å². The minimum Gasteiger partial charge on any atom is -0.508 e. The van der Waals surface area contributed by atoms with Crippen molar-refractivity contribution < 1.29 is 9.52 Å². The van der Waals surface area contributed by atoms with E-state index in [1.807, 2.05) is 6.92 Å². The molecule has 0 aliphatic carbocycles. The van der Waals surface area contributed by atoms with Crippen LogP contribution in [0.1, 0.15) is 11.1 Å². The first-order chi connectivity index (χ1) is 8.49. The van der Waals surface area contributed by atoms with E-state index in [-0.39, 0.29) is 10.2 Å². The van der Waals surface area contributed by atoms with Crippen LogP contribution in [0.15, 0.2) is 38.0 Å². The lowest BCUT2D eigenvalue weighted by atomic mass is 10.0. The summed E-state index contributed by atoms with van der Waals surface area (Å²) in [7, 11) is 0. The number of aromatic hydroxyl groups is 1. The van der Waals surface area contributed by atoms with Crippen LogP contribution in [0.2, 0.25) is 0 Å². The maximum Gasteiger partial charge on any atom is 0.340 e. The summed E-state index contributed by atoms with van der Waals surface area (Å²) in [6.45, 7) is 1.82. The highest BCUT2D eigenvalue weighted by Crippen LogP contribution is 2.24. The maximum absolute atomic E-state index is 11.8. The van der Waals surface area contributed by atoms with Crippen LogP contribution in [0, 0.1) is 6.92 Å². The zero-order chi connectivity index (χ0) is 13.3. The third kappa shape index (κ3) is 2.52. The number of hydrogen-bond donors (Lipinski definition) is 1. The van der Waals surface area contributed by atoms with Crippen molar-refractivity contribution in [2.75, 3.05) is 0 Å². The summed E-state index contributed by atoms with van der Waals surface area (Å²) < 4.78 is 5.27. The Morgan fingerprint density at radius 2 is 2.17 bits per heavy atom. The fourth-order valence-electron chi connectivity index (χ4n) is 1.80. The number of phenols is 1. The molecule has 1 N–H and O–H groups in total. The van der Waals surface area contributed by atoms with E-state index in [4.69, 9.17) is 27.6 Å². The number of fused-ring (bicyclic) bond motifs is 1. The van der Waals surface area contributed by atoms with Gasteiger partial charge in [0.2, 0.25) is 0 Å². The van der Waals surface area contributed by atoms with Gasteiger partial charge in [-0.3, -0.25) is 0 Å². The molecule has 0 fully saturated rings. The molecule has 0 atom stereocenters. The zero-order valence-corrected chi connectivity index (χ0v) is 11.0. The van der Waals surface area contributed by atoms with E-state index in [2.05, 4.69) is 0 Å². The molecule has 1 aromatic heterocycles. The molecule has 5 heteroatoms. The van der Waals surface area contributed by atoms with Gasteiger partial charge in [-0.2, -0.15) is 0 Å². The largest absolute Gasteiger partial charge is 0.508 e. The molecule has 0 spiro atoms. The van der Waals surface area contributed by atoms with Crippen molar-refractivity contribution >= 4 is 34.2 Å². The minimum atomic E-state index is -0.448. The summed E-state index contributed by atoms with van der Waals surface area (Å²) in [4.78, 5) is 11.8. The highest BCUT2D eigenvalue weighted by atomic mass is 35.5. The van der Waals surface area contributed by atoms with E-state index < -0.39 is 5.63 Å². The molecule has 0 saturated heterocycles. The number of hydrogen-bond acceptors (Lipinski definition) is 3. The fraction of sp³-hybridized carbons (Fsp3) is 0.154. The van der Waals surface area contributed by atoms with Crippen molar-refractivity contribution in [1.82, 2.24) is 0 Å². The van der Waals surface area contributed by atoms with Gasteiger partial charge in [-0.15, -0.1) is 0 Å². The van der Waals surface area contributed by atoms with Gasteiger partial charge >= 0.3 is 5.63 Å². The first-order valence-electron chi connectivity index (χ1n) is 5.25. The fourth-order valence-corrected chi connectivity index (χ4v) is 1.95. The summed E-state index contributed by atoms with van der Waals surface area (Å²) in [5, 5.41) is 10.1. The Bertz CT molecular complexity index is 682. The number of rotatable bonds is 2. The third-order valence-electron chi connectivity index (χ3n) is 2.73. The van der Waals surface area contributed by atoms with Crippen LogP contribution in [0.4, 0.5) is 0 Å². The number of aryl methyl sites for hydroxylation is 1. The lowest BCUT2D eigenvalue weighted by Gasteiger charge is -2.06. The highest BCUT2D eigenvalue weighted by Gasteiger charge is 2.10. The molecule has 0 bridgehead atoms. The van der Waals surface area contributed by atoms with Crippen LogP contribution < -0.4 is 5.63 Å². The Morgan fingerprint density at radius 3 is 2.83 bits per heavy atom. The Labute approximate surface area is 113 Å². The molecule has 0 unspecified atom stereocenters. The topological polar surface area (TPSA) is 50.4 Å². The van der Waals surface area contributed by atoms with Crippen molar-refractivity contribution in [3.63, 3.8) is 0 Å². The van der Waals surface area contributed by atoms with Gasteiger partial charge in [0.05, 0.1) is 0 Å². The van der Waals surface area contributed by atoms with E-state index in [1.54, 1.807) is 12.1 Å². The molecule has 18 heavy (non-hydrogen) atoms. The molecular formula is C13H10Cl2O3. The molecule has 2 rings (SSSR count). The van der Waals surface area contributed by atoms with Gasteiger partial charge in [0.1, 0.15) is 15.8 Å². The number of phenolic OH excluding ortho intramolecular Hbond substituents is 1. The van der Waals surface area contributed by atoms with E-state index in [1.165, 1.54) is 12.1 Å². The van der Waals surface area contributed by atoms with E-state index in [9.17, 15) is 9.90 Å². The van der Waals surface area contributed by atoms with Crippen LogP contribution in [0.25, 0.3) is 11.0 Å². The average Bonchev–Trinajstić information content (AvgIpc) is 2.27. The van der Waals surface area contributed by atoms with Crippen LogP contribution in [0.3, 0.4) is 0 Å². The lowest BCUT2D eigenvalue weighted by Crippen LogP contribution is -2.09. The van der Waals surface area contributed by atoms with Crippen molar-refractivity contribution in [2.24, 2.45) is 0 Å². The summed E-state index contributed by atoms with van der Waals surface area (Å²) in [5.41, 5.74) is 1.22. The van der Waals surface area contributed by atoms with Crippen molar-refractivity contribution in [2.45, 2.75) is 13.3 Å². The highest BCUT2D eigenvalue weighted by molar-refractivity contribution is 6.55. The van der Waals surface area contributed by atoms with Crippen LogP contribution in [0.5, 0.6) is 5.75 Å². The number of allylic oxidation sites excluding steroid dienone is 1. The SMILES string of the molecule is Cc1c(CC=C(Cl)Cl)c(=O)oc2cc(O)ccc12. The second-order valence-corrected chi connectivity index (χ2v) is 4.88. The quantitative estimate of drug-likeness (QED) is 0.856. The van der Waals surface area contributed by atoms with Crippen molar-refractivity contribution in [3.8, 4) is 5.75 Å². The molecule has 0 saturated carbocycles. The smallest absolute Gasteiger partial charge is 0.340 e. The van der Waals surface area contributed by atoms with Gasteiger partial charge in [0.15, 0.2) is 0 Å². The molecule has 94 valence electrons. The van der Waals surface area contributed by atoms with Crippen LogP contribution in [-0.2, 0) is 6.42 Å². The van der Waals surface area contributed by atoms with Gasteiger partial charge in [-0.25, -0.2) is 4.79 Å². The van der Waals surface area contributed by atoms with Gasteiger partial charge in [0, 0.05) is 23.4 Å². The first kappa shape index (κ1) is 13.0. The molecular weight excluding hydrogens is 275 g/mol. The summed E-state index contributed by atoms with van der Waals surface area (Å²) in [6.07, 6.45) is 1.85. The molecule has 0 radical (unpaired) electrons. The van der Waals surface area contributed by atoms with E-state index in [0.717, 1.165) is 10.9 Å². The predicted molar refractivity (Wildman–Crippen MR) is 72.4 cm³/mol.